The predicted octanol–water partition coefficient (Wildman–Crippen LogP) is 1.27. The summed E-state index contributed by atoms with van der Waals surface area (Å²) in [5.74, 6) is -0.201. The summed E-state index contributed by atoms with van der Waals surface area (Å²) in [6.07, 6.45) is 4.37. The van der Waals surface area contributed by atoms with Crippen molar-refractivity contribution in [2.75, 3.05) is 6.61 Å². The predicted molar refractivity (Wildman–Crippen MR) is 33.9 cm³/mol. The van der Waals surface area contributed by atoms with Crippen LogP contribution in [0.3, 0.4) is 0 Å². The molecule has 1 fully saturated rings. The smallest absolute Gasteiger partial charge is 0.302 e. The zero-order valence-corrected chi connectivity index (χ0v) is 5.52. The molecule has 0 bridgehead atoms. The van der Waals surface area contributed by atoms with Gasteiger partial charge in [0, 0.05) is 6.92 Å². The topological polar surface area (TPSA) is 26.3 Å². The Labute approximate surface area is 54.5 Å². The number of ether oxygens (including phenoxy) is 1. The van der Waals surface area contributed by atoms with Crippen LogP contribution < -0.4 is 0 Å². The van der Waals surface area contributed by atoms with Gasteiger partial charge in [0.1, 0.15) is 6.61 Å². The van der Waals surface area contributed by atoms with E-state index in [2.05, 4.69) is 4.74 Å². The van der Waals surface area contributed by atoms with Gasteiger partial charge in [-0.25, -0.2) is 0 Å². The first-order chi connectivity index (χ1) is 4.29. The molecule has 50 valence electrons. The van der Waals surface area contributed by atoms with Crippen molar-refractivity contribution in [3.63, 3.8) is 0 Å². The van der Waals surface area contributed by atoms with Crippen molar-refractivity contribution in [2.45, 2.75) is 19.8 Å². The van der Waals surface area contributed by atoms with Crippen LogP contribution >= 0.6 is 0 Å². The van der Waals surface area contributed by atoms with E-state index in [-0.39, 0.29) is 5.97 Å². The summed E-state index contributed by atoms with van der Waals surface area (Å²) in [6.45, 7) is 1.88. The minimum absolute atomic E-state index is 0.201. The molecule has 0 unspecified atom stereocenters. The minimum atomic E-state index is -0.201. The molecule has 2 nitrogen and oxygen atoms in total. The second-order valence-electron chi connectivity index (χ2n) is 2.16. The third-order valence-electron chi connectivity index (χ3n) is 1.20. The summed E-state index contributed by atoms with van der Waals surface area (Å²) < 4.78 is 4.68. The Morgan fingerprint density at radius 1 is 1.78 bits per heavy atom. The van der Waals surface area contributed by atoms with E-state index in [0.717, 1.165) is 0 Å². The Kier molecular flexibility index (Phi) is 1.88. The van der Waals surface area contributed by atoms with E-state index < -0.39 is 0 Å². The Morgan fingerprint density at radius 2 is 2.44 bits per heavy atom. The zero-order chi connectivity index (χ0) is 6.69. The number of allylic oxidation sites excluding steroid dienone is 1. The summed E-state index contributed by atoms with van der Waals surface area (Å²) in [5, 5.41) is 0. The van der Waals surface area contributed by atoms with Crippen molar-refractivity contribution in [3.8, 4) is 0 Å². The normalized spacial score (nSPS) is 15.0. The highest BCUT2D eigenvalue weighted by molar-refractivity contribution is 5.66. The molecule has 0 aromatic rings. The molecule has 2 heteroatoms. The lowest BCUT2D eigenvalue weighted by Crippen LogP contribution is -1.97. The van der Waals surface area contributed by atoms with Gasteiger partial charge in [0.15, 0.2) is 0 Å². The average Bonchev–Trinajstić information content (AvgIpc) is 2.48. The van der Waals surface area contributed by atoms with Crippen LogP contribution in [-0.2, 0) is 9.53 Å². The molecule has 0 saturated heterocycles. The fraction of sp³-hybridized carbons (Fsp3) is 0.571. The molecule has 1 aliphatic carbocycles. The SMILES string of the molecule is CC(=O)OCC=C1CC1. The largest absolute Gasteiger partial charge is 0.462 e. The number of hydrogen-bond acceptors (Lipinski definition) is 2. The van der Waals surface area contributed by atoms with E-state index in [9.17, 15) is 4.79 Å². The molecule has 1 rings (SSSR count). The van der Waals surface area contributed by atoms with Gasteiger partial charge in [-0.3, -0.25) is 4.79 Å². The van der Waals surface area contributed by atoms with Crippen LogP contribution in [0.4, 0.5) is 0 Å². The van der Waals surface area contributed by atoms with Gasteiger partial charge in [0.05, 0.1) is 0 Å². The third kappa shape index (κ3) is 2.90. The van der Waals surface area contributed by atoms with Crippen LogP contribution in [0.25, 0.3) is 0 Å². The molecule has 0 N–H and O–H groups in total. The first-order valence-electron chi connectivity index (χ1n) is 3.10. The lowest BCUT2D eigenvalue weighted by atomic mass is 10.5. The van der Waals surface area contributed by atoms with E-state index in [1.165, 1.54) is 25.3 Å². The Bertz CT molecular complexity index is 141. The van der Waals surface area contributed by atoms with Crippen molar-refractivity contribution in [1.82, 2.24) is 0 Å². The van der Waals surface area contributed by atoms with Crippen LogP contribution in [0, 0.1) is 0 Å². The van der Waals surface area contributed by atoms with Crippen LogP contribution in [0.1, 0.15) is 19.8 Å². The number of carbonyl (C=O) groups excluding carboxylic acids is 1. The number of rotatable bonds is 2. The van der Waals surface area contributed by atoms with Gasteiger partial charge in [-0.1, -0.05) is 5.57 Å². The Balaban J connectivity index is 2.05. The number of esters is 1. The molecular weight excluding hydrogens is 116 g/mol. The Morgan fingerprint density at radius 3 is 2.89 bits per heavy atom. The maximum Gasteiger partial charge on any atom is 0.302 e. The molecule has 1 saturated carbocycles. The van der Waals surface area contributed by atoms with Crippen molar-refractivity contribution in [2.24, 2.45) is 0 Å². The second-order valence-corrected chi connectivity index (χ2v) is 2.16. The molecule has 1 aliphatic rings. The van der Waals surface area contributed by atoms with Gasteiger partial charge in [-0.2, -0.15) is 0 Å². The van der Waals surface area contributed by atoms with Crippen molar-refractivity contribution < 1.29 is 9.53 Å². The second kappa shape index (κ2) is 2.67. The zero-order valence-electron chi connectivity index (χ0n) is 5.52. The van der Waals surface area contributed by atoms with E-state index in [0.29, 0.717) is 6.61 Å². The van der Waals surface area contributed by atoms with Crippen LogP contribution in [-0.4, -0.2) is 12.6 Å². The lowest BCUT2D eigenvalue weighted by Gasteiger charge is -1.92. The molecule has 0 aliphatic heterocycles. The van der Waals surface area contributed by atoms with E-state index in [1.807, 2.05) is 6.08 Å². The highest BCUT2D eigenvalue weighted by atomic mass is 16.5. The summed E-state index contributed by atoms with van der Waals surface area (Å²) in [6, 6.07) is 0. The van der Waals surface area contributed by atoms with E-state index >= 15 is 0 Å². The van der Waals surface area contributed by atoms with Crippen molar-refractivity contribution in [1.29, 1.82) is 0 Å². The fourth-order valence-corrected chi connectivity index (χ4v) is 0.553. The molecule has 0 aromatic carbocycles. The molecule has 9 heavy (non-hydrogen) atoms. The first kappa shape index (κ1) is 6.33. The van der Waals surface area contributed by atoms with Gasteiger partial charge in [-0.05, 0) is 18.9 Å². The third-order valence-corrected chi connectivity index (χ3v) is 1.20. The molecule has 0 atom stereocenters. The van der Waals surface area contributed by atoms with E-state index in [4.69, 9.17) is 0 Å². The summed E-state index contributed by atoms with van der Waals surface area (Å²) in [4.78, 5) is 10.2. The van der Waals surface area contributed by atoms with Gasteiger partial charge < -0.3 is 4.74 Å². The van der Waals surface area contributed by atoms with Crippen LogP contribution in [0.2, 0.25) is 0 Å². The standard InChI is InChI=1S/C7H10O2/c1-6(8)9-5-4-7-2-3-7/h4H,2-3,5H2,1H3. The van der Waals surface area contributed by atoms with Gasteiger partial charge in [-0.15, -0.1) is 0 Å². The quantitative estimate of drug-likeness (QED) is 0.411. The van der Waals surface area contributed by atoms with Crippen LogP contribution in [0.5, 0.6) is 0 Å². The Hall–Kier alpha value is -0.790. The molecule has 0 amide bonds. The molecule has 0 spiro atoms. The summed E-state index contributed by atoms with van der Waals surface area (Å²) in [7, 11) is 0. The van der Waals surface area contributed by atoms with E-state index in [1.54, 1.807) is 0 Å². The lowest BCUT2D eigenvalue weighted by molar-refractivity contribution is -0.139. The molecule has 0 radical (unpaired) electrons. The highest BCUT2D eigenvalue weighted by Crippen LogP contribution is 2.26. The van der Waals surface area contributed by atoms with Crippen LogP contribution in [0.15, 0.2) is 11.6 Å². The summed E-state index contributed by atoms with van der Waals surface area (Å²) >= 11 is 0. The average molecular weight is 126 g/mol. The summed E-state index contributed by atoms with van der Waals surface area (Å²) in [5.41, 5.74) is 1.41. The maximum absolute atomic E-state index is 10.2. The minimum Gasteiger partial charge on any atom is -0.462 e. The van der Waals surface area contributed by atoms with Gasteiger partial charge >= 0.3 is 5.97 Å². The van der Waals surface area contributed by atoms with Gasteiger partial charge in [0.2, 0.25) is 0 Å². The monoisotopic (exact) mass is 126 g/mol. The fourth-order valence-electron chi connectivity index (χ4n) is 0.553. The number of carbonyl (C=O) groups is 1. The first-order valence-corrected chi connectivity index (χ1v) is 3.10. The number of hydrogen-bond donors (Lipinski definition) is 0. The van der Waals surface area contributed by atoms with Crippen molar-refractivity contribution >= 4 is 5.97 Å². The van der Waals surface area contributed by atoms with Gasteiger partial charge in [0.25, 0.3) is 0 Å². The molecule has 0 aromatic heterocycles. The van der Waals surface area contributed by atoms with Crippen molar-refractivity contribution in [3.05, 3.63) is 11.6 Å². The molecular formula is C7H10O2. The highest BCUT2D eigenvalue weighted by Gasteiger charge is 2.09. The molecule has 0 heterocycles. The maximum atomic E-state index is 10.2.